The maximum Gasteiger partial charge on any atom is 0.160 e. The van der Waals surface area contributed by atoms with E-state index >= 15 is 0 Å². The first-order valence-electron chi connectivity index (χ1n) is 11.1. The smallest absolute Gasteiger partial charge is 0.160 e. The van der Waals surface area contributed by atoms with E-state index in [1.54, 1.807) is 6.26 Å². The molecule has 0 spiro atoms. The van der Waals surface area contributed by atoms with Crippen LogP contribution in [-0.4, -0.2) is 33.1 Å². The molecule has 1 unspecified atom stereocenters. The first kappa shape index (κ1) is 25.9. The number of alkyl halides is 1. The van der Waals surface area contributed by atoms with E-state index in [4.69, 9.17) is 27.9 Å². The van der Waals surface area contributed by atoms with Crippen molar-refractivity contribution in [3.05, 3.63) is 82.4 Å². The Balaban J connectivity index is 1.62. The second-order valence-corrected chi connectivity index (χ2v) is 10.6. The van der Waals surface area contributed by atoms with Crippen molar-refractivity contribution in [3.8, 4) is 22.9 Å². The van der Waals surface area contributed by atoms with Gasteiger partial charge in [0.15, 0.2) is 11.6 Å². The first-order chi connectivity index (χ1) is 17.2. The standard InChI is InChI=1S/C27H24Cl2N4O2S/c1-27(2,22-12-20(16-30)26(23(29)15-22)35-11-10-28)21-8-6-17(7-9-21)18-4-5-19-14-25(33-36(3)34)32-31-24(19)13-18/h4-9,12-15H,10-11H2,1-3H3,(H,32,33). The molecule has 1 heterocycles. The zero-order chi connectivity index (χ0) is 25.9. The number of nitriles is 1. The second kappa shape index (κ2) is 10.8. The van der Waals surface area contributed by atoms with Crippen LogP contribution in [0.25, 0.3) is 22.0 Å². The summed E-state index contributed by atoms with van der Waals surface area (Å²) in [5.41, 5.74) is 4.76. The third-order valence-corrected chi connectivity index (χ3v) is 6.92. The van der Waals surface area contributed by atoms with E-state index in [2.05, 4.69) is 59.1 Å². The second-order valence-electron chi connectivity index (χ2n) is 8.75. The van der Waals surface area contributed by atoms with Gasteiger partial charge in [-0.2, -0.15) is 5.26 Å². The summed E-state index contributed by atoms with van der Waals surface area (Å²) in [5, 5.41) is 19.3. The molecule has 0 amide bonds. The topological polar surface area (TPSA) is 87.9 Å². The van der Waals surface area contributed by atoms with Crippen LogP contribution >= 0.6 is 23.2 Å². The molecule has 1 atom stereocenters. The van der Waals surface area contributed by atoms with E-state index < -0.39 is 16.4 Å². The van der Waals surface area contributed by atoms with Crippen molar-refractivity contribution in [2.75, 3.05) is 23.5 Å². The van der Waals surface area contributed by atoms with Crippen molar-refractivity contribution >= 4 is 50.9 Å². The number of nitrogens with zero attached hydrogens (tertiary/aromatic N) is 3. The summed E-state index contributed by atoms with van der Waals surface area (Å²) in [4.78, 5) is 0. The van der Waals surface area contributed by atoms with Gasteiger partial charge in [-0.25, -0.2) is 4.21 Å². The van der Waals surface area contributed by atoms with Crippen LogP contribution in [0.1, 0.15) is 30.5 Å². The lowest BCUT2D eigenvalue weighted by Gasteiger charge is -2.27. The van der Waals surface area contributed by atoms with Gasteiger partial charge < -0.3 is 4.74 Å². The van der Waals surface area contributed by atoms with Gasteiger partial charge in [0, 0.05) is 17.1 Å². The molecule has 3 aromatic carbocycles. The van der Waals surface area contributed by atoms with E-state index in [1.165, 1.54) is 0 Å². The Bertz CT molecular complexity index is 1480. The molecule has 0 saturated carbocycles. The van der Waals surface area contributed by atoms with Gasteiger partial charge in [-0.15, -0.1) is 21.8 Å². The van der Waals surface area contributed by atoms with Crippen LogP contribution in [0.2, 0.25) is 5.02 Å². The quantitative estimate of drug-likeness (QED) is 0.259. The molecule has 0 aliphatic rings. The Morgan fingerprint density at radius 1 is 1.03 bits per heavy atom. The minimum atomic E-state index is -1.21. The summed E-state index contributed by atoms with van der Waals surface area (Å²) < 4.78 is 19.7. The van der Waals surface area contributed by atoms with Gasteiger partial charge in [0.25, 0.3) is 0 Å². The molecule has 0 bridgehead atoms. The van der Waals surface area contributed by atoms with Crippen LogP contribution in [0, 0.1) is 11.3 Å². The molecule has 0 aliphatic heterocycles. The van der Waals surface area contributed by atoms with Gasteiger partial charge in [0.05, 0.1) is 22.0 Å². The van der Waals surface area contributed by atoms with Crippen LogP contribution in [-0.2, 0) is 16.4 Å². The number of halogens is 2. The molecule has 0 radical (unpaired) electrons. The van der Waals surface area contributed by atoms with Crippen LogP contribution in [0.15, 0.2) is 60.7 Å². The Morgan fingerprint density at radius 2 is 1.75 bits per heavy atom. The minimum Gasteiger partial charge on any atom is -0.489 e. The number of anilines is 1. The van der Waals surface area contributed by atoms with E-state index in [0.717, 1.165) is 33.2 Å². The average molecular weight is 539 g/mol. The molecule has 36 heavy (non-hydrogen) atoms. The van der Waals surface area contributed by atoms with Crippen LogP contribution in [0.3, 0.4) is 0 Å². The fourth-order valence-electron chi connectivity index (χ4n) is 3.98. The number of rotatable bonds is 8. The van der Waals surface area contributed by atoms with Gasteiger partial charge >= 0.3 is 0 Å². The predicted molar refractivity (Wildman–Crippen MR) is 147 cm³/mol. The lowest BCUT2D eigenvalue weighted by molar-refractivity contribution is 0.341. The zero-order valence-corrected chi connectivity index (χ0v) is 22.3. The van der Waals surface area contributed by atoms with E-state index in [1.807, 2.05) is 36.4 Å². The van der Waals surface area contributed by atoms with E-state index in [-0.39, 0.29) is 6.61 Å². The highest BCUT2D eigenvalue weighted by atomic mass is 35.5. The summed E-state index contributed by atoms with van der Waals surface area (Å²) in [6, 6.07) is 21.9. The van der Waals surface area contributed by atoms with Crippen molar-refractivity contribution in [1.82, 2.24) is 10.2 Å². The molecule has 0 saturated heterocycles. The summed E-state index contributed by atoms with van der Waals surface area (Å²) in [5.74, 6) is 1.14. The van der Waals surface area contributed by atoms with Crippen LogP contribution in [0.5, 0.6) is 5.75 Å². The summed E-state index contributed by atoms with van der Waals surface area (Å²) >= 11 is 12.2. The van der Waals surface area contributed by atoms with E-state index in [9.17, 15) is 9.47 Å². The molecule has 0 fully saturated rings. The number of ether oxygens (including phenoxy) is 1. The summed E-state index contributed by atoms with van der Waals surface area (Å²) in [6.45, 7) is 4.46. The van der Waals surface area contributed by atoms with Crippen molar-refractivity contribution in [2.24, 2.45) is 0 Å². The van der Waals surface area contributed by atoms with E-state index in [0.29, 0.717) is 28.0 Å². The largest absolute Gasteiger partial charge is 0.489 e. The van der Waals surface area contributed by atoms with Gasteiger partial charge in [-0.3, -0.25) is 4.72 Å². The van der Waals surface area contributed by atoms with Gasteiger partial charge in [-0.05, 0) is 46.5 Å². The molecule has 184 valence electrons. The zero-order valence-electron chi connectivity index (χ0n) is 20.0. The fourth-order valence-corrected chi connectivity index (χ4v) is 4.73. The SMILES string of the molecule is CS(=O)Nc1cc2ccc(-c3ccc(C(C)(C)c4cc(Cl)c(OCCCl)c(C#N)c4)cc3)cc2nn1. The number of hydrogen-bond acceptors (Lipinski definition) is 5. The molecule has 9 heteroatoms. The highest BCUT2D eigenvalue weighted by Gasteiger charge is 2.26. The Kier molecular flexibility index (Phi) is 7.79. The summed E-state index contributed by atoms with van der Waals surface area (Å²) in [6.07, 6.45) is 1.55. The molecular weight excluding hydrogens is 515 g/mol. The van der Waals surface area contributed by atoms with Crippen molar-refractivity contribution in [2.45, 2.75) is 19.3 Å². The van der Waals surface area contributed by atoms with Crippen molar-refractivity contribution in [1.29, 1.82) is 5.26 Å². The number of fused-ring (bicyclic) bond motifs is 1. The molecule has 6 nitrogen and oxygen atoms in total. The lowest BCUT2D eigenvalue weighted by Crippen LogP contribution is -2.19. The number of benzene rings is 3. The highest BCUT2D eigenvalue weighted by molar-refractivity contribution is 7.85. The van der Waals surface area contributed by atoms with Crippen molar-refractivity contribution in [3.63, 3.8) is 0 Å². The number of nitrogens with one attached hydrogen (secondary N) is 1. The molecule has 1 N–H and O–H groups in total. The normalized spacial score (nSPS) is 12.2. The Labute approximate surface area is 222 Å². The van der Waals surface area contributed by atoms with Gasteiger partial charge in [-0.1, -0.05) is 61.8 Å². The maximum atomic E-state index is 11.4. The monoisotopic (exact) mass is 538 g/mol. The fraction of sp³-hybridized carbons (Fsp3) is 0.222. The number of hydrogen-bond donors (Lipinski definition) is 1. The molecule has 4 aromatic rings. The minimum absolute atomic E-state index is 0.276. The third kappa shape index (κ3) is 5.46. The molecule has 4 rings (SSSR count). The average Bonchev–Trinajstić information content (AvgIpc) is 2.87. The van der Waals surface area contributed by atoms with Crippen LogP contribution in [0.4, 0.5) is 5.82 Å². The first-order valence-corrected chi connectivity index (χ1v) is 13.6. The van der Waals surface area contributed by atoms with Crippen LogP contribution < -0.4 is 9.46 Å². The molecular formula is C27H24Cl2N4O2S. The van der Waals surface area contributed by atoms with Crippen molar-refractivity contribution < 1.29 is 8.95 Å². The molecule has 1 aromatic heterocycles. The Hall–Kier alpha value is -3.18. The summed E-state index contributed by atoms with van der Waals surface area (Å²) in [7, 11) is -1.21. The lowest BCUT2D eigenvalue weighted by atomic mass is 9.77. The number of aromatic nitrogens is 2. The predicted octanol–water partition coefficient (Wildman–Crippen LogP) is 6.47. The van der Waals surface area contributed by atoms with Gasteiger partial charge in [0.1, 0.15) is 23.7 Å². The highest BCUT2D eigenvalue weighted by Crippen LogP contribution is 2.39. The Morgan fingerprint density at radius 3 is 2.42 bits per heavy atom. The third-order valence-electron chi connectivity index (χ3n) is 5.99. The molecule has 0 aliphatic carbocycles. The maximum absolute atomic E-state index is 11.4. The van der Waals surface area contributed by atoms with Gasteiger partial charge in [0.2, 0.25) is 0 Å².